The Hall–Kier alpha value is -2.13. The lowest BCUT2D eigenvalue weighted by atomic mass is 9.96. The Morgan fingerprint density at radius 3 is 2.33 bits per heavy atom. The van der Waals surface area contributed by atoms with Crippen LogP contribution in [0, 0.1) is 13.8 Å². The van der Waals surface area contributed by atoms with Gasteiger partial charge < -0.3 is 10.5 Å². The number of methoxy groups -OCH3 is 1. The van der Waals surface area contributed by atoms with Crippen LogP contribution >= 0.6 is 0 Å². The summed E-state index contributed by atoms with van der Waals surface area (Å²) < 4.78 is 5.29. The minimum absolute atomic E-state index is 0.0394. The third-order valence-corrected chi connectivity index (χ3v) is 3.64. The predicted octanol–water partition coefficient (Wildman–Crippen LogP) is 3.04. The molecule has 0 fully saturated rings. The molecule has 2 N–H and O–H groups in total. The van der Waals surface area contributed by atoms with Gasteiger partial charge in [0.1, 0.15) is 5.75 Å². The molecule has 0 amide bonds. The van der Waals surface area contributed by atoms with Gasteiger partial charge in [-0.3, -0.25) is 4.79 Å². The zero-order valence-electron chi connectivity index (χ0n) is 12.8. The Labute approximate surface area is 125 Å². The maximum absolute atomic E-state index is 12.6. The molecule has 3 nitrogen and oxygen atoms in total. The number of carbonyl (C=O) groups excluding carboxylic acids is 1. The van der Waals surface area contributed by atoms with E-state index in [1.165, 1.54) is 0 Å². The van der Waals surface area contributed by atoms with Crippen molar-refractivity contribution in [2.75, 3.05) is 13.7 Å². The normalized spacial score (nSPS) is 10.5. The molecule has 0 saturated heterocycles. The fraction of sp³-hybridized carbons (Fsp3) is 0.278. The highest BCUT2D eigenvalue weighted by Gasteiger charge is 2.14. The van der Waals surface area contributed by atoms with Gasteiger partial charge in [0.25, 0.3) is 0 Å². The molecular weight excluding hydrogens is 262 g/mol. The Balaban J connectivity index is 2.33. The average molecular weight is 283 g/mol. The van der Waals surface area contributed by atoms with Crippen LogP contribution in [0.15, 0.2) is 36.4 Å². The first-order valence-corrected chi connectivity index (χ1v) is 7.05. The summed E-state index contributed by atoms with van der Waals surface area (Å²) in [6, 6.07) is 11.5. The van der Waals surface area contributed by atoms with Crippen LogP contribution in [0.25, 0.3) is 0 Å². The van der Waals surface area contributed by atoms with Gasteiger partial charge in [0, 0.05) is 11.1 Å². The number of rotatable bonds is 5. The summed E-state index contributed by atoms with van der Waals surface area (Å²) >= 11 is 0. The van der Waals surface area contributed by atoms with Gasteiger partial charge in [-0.1, -0.05) is 24.3 Å². The van der Waals surface area contributed by atoms with Gasteiger partial charge in [0.15, 0.2) is 5.78 Å². The van der Waals surface area contributed by atoms with Crippen molar-refractivity contribution in [3.63, 3.8) is 0 Å². The minimum Gasteiger partial charge on any atom is -0.496 e. The molecule has 2 rings (SSSR count). The van der Waals surface area contributed by atoms with Crippen molar-refractivity contribution in [3.05, 3.63) is 64.2 Å². The van der Waals surface area contributed by atoms with Crippen LogP contribution in [0.4, 0.5) is 0 Å². The number of aryl methyl sites for hydroxylation is 2. The van der Waals surface area contributed by atoms with Crippen molar-refractivity contribution in [1.82, 2.24) is 0 Å². The monoisotopic (exact) mass is 283 g/mol. The topological polar surface area (TPSA) is 52.3 Å². The molecule has 0 aliphatic heterocycles. The van der Waals surface area contributed by atoms with E-state index in [0.717, 1.165) is 34.4 Å². The van der Waals surface area contributed by atoms with Crippen molar-refractivity contribution >= 4 is 5.78 Å². The van der Waals surface area contributed by atoms with Gasteiger partial charge in [-0.15, -0.1) is 0 Å². The molecular formula is C18H21NO2. The first-order chi connectivity index (χ1) is 10.1. The summed E-state index contributed by atoms with van der Waals surface area (Å²) in [7, 11) is 1.64. The summed E-state index contributed by atoms with van der Waals surface area (Å²) in [6.07, 6.45) is 0.829. The number of hydrogen-bond acceptors (Lipinski definition) is 3. The van der Waals surface area contributed by atoms with E-state index in [9.17, 15) is 4.79 Å². The van der Waals surface area contributed by atoms with Crippen LogP contribution in [0.2, 0.25) is 0 Å². The first kappa shape index (κ1) is 15.3. The van der Waals surface area contributed by atoms with Crippen molar-refractivity contribution in [2.45, 2.75) is 20.3 Å². The van der Waals surface area contributed by atoms with Gasteiger partial charge in [-0.05, 0) is 55.6 Å². The fourth-order valence-electron chi connectivity index (χ4n) is 2.40. The molecule has 2 aromatic carbocycles. The largest absolute Gasteiger partial charge is 0.496 e. The van der Waals surface area contributed by atoms with Gasteiger partial charge in [-0.25, -0.2) is 0 Å². The molecule has 0 bridgehead atoms. The van der Waals surface area contributed by atoms with Gasteiger partial charge in [0.05, 0.1) is 7.11 Å². The first-order valence-electron chi connectivity index (χ1n) is 7.05. The number of hydrogen-bond donors (Lipinski definition) is 1. The number of carbonyl (C=O) groups is 1. The zero-order chi connectivity index (χ0) is 15.4. The molecule has 0 radical (unpaired) electrons. The summed E-state index contributed by atoms with van der Waals surface area (Å²) in [5, 5.41) is 0. The van der Waals surface area contributed by atoms with Crippen LogP contribution in [0.5, 0.6) is 5.75 Å². The van der Waals surface area contributed by atoms with Gasteiger partial charge in [-0.2, -0.15) is 0 Å². The van der Waals surface area contributed by atoms with Crippen LogP contribution in [0.3, 0.4) is 0 Å². The minimum atomic E-state index is 0.0394. The molecule has 0 aromatic heterocycles. The molecule has 21 heavy (non-hydrogen) atoms. The molecule has 0 aliphatic rings. The summed E-state index contributed by atoms with van der Waals surface area (Å²) in [5.41, 5.74) is 9.99. The second-order valence-electron chi connectivity index (χ2n) is 5.20. The average Bonchev–Trinajstić information content (AvgIpc) is 2.49. The maximum atomic E-state index is 12.6. The van der Waals surface area contributed by atoms with E-state index >= 15 is 0 Å². The van der Waals surface area contributed by atoms with E-state index in [2.05, 4.69) is 0 Å². The molecule has 2 aromatic rings. The summed E-state index contributed by atoms with van der Waals surface area (Å²) in [6.45, 7) is 4.49. The number of nitrogens with two attached hydrogens (primary N) is 1. The number of benzene rings is 2. The molecule has 0 aliphatic carbocycles. The third-order valence-electron chi connectivity index (χ3n) is 3.64. The standard InChI is InChI=1S/C18H21NO2/c1-12-11-17(21-3)13(2)10-16(12)18(20)15-6-4-14(5-7-15)8-9-19/h4-7,10-11H,8-9,19H2,1-3H3. The van der Waals surface area contributed by atoms with Gasteiger partial charge in [0.2, 0.25) is 0 Å². The summed E-state index contributed by atoms with van der Waals surface area (Å²) in [5.74, 6) is 0.847. The van der Waals surface area contributed by atoms with Crippen molar-refractivity contribution < 1.29 is 9.53 Å². The highest BCUT2D eigenvalue weighted by atomic mass is 16.5. The Morgan fingerprint density at radius 1 is 1.10 bits per heavy atom. The molecule has 0 atom stereocenters. The molecule has 0 spiro atoms. The lowest BCUT2D eigenvalue weighted by Gasteiger charge is -2.11. The molecule has 0 unspecified atom stereocenters. The zero-order valence-corrected chi connectivity index (χ0v) is 12.8. The van der Waals surface area contributed by atoms with Crippen molar-refractivity contribution in [1.29, 1.82) is 0 Å². The van der Waals surface area contributed by atoms with Crippen LogP contribution in [-0.4, -0.2) is 19.4 Å². The van der Waals surface area contributed by atoms with Crippen LogP contribution < -0.4 is 10.5 Å². The number of ketones is 1. The third kappa shape index (κ3) is 3.31. The van der Waals surface area contributed by atoms with Gasteiger partial charge >= 0.3 is 0 Å². The Kier molecular flexibility index (Phi) is 4.76. The quantitative estimate of drug-likeness (QED) is 0.858. The lowest BCUT2D eigenvalue weighted by Crippen LogP contribution is -2.06. The summed E-state index contributed by atoms with van der Waals surface area (Å²) in [4.78, 5) is 12.6. The highest BCUT2D eigenvalue weighted by Crippen LogP contribution is 2.24. The van der Waals surface area contributed by atoms with E-state index in [4.69, 9.17) is 10.5 Å². The molecule has 0 heterocycles. The van der Waals surface area contributed by atoms with Crippen molar-refractivity contribution in [2.24, 2.45) is 5.73 Å². The van der Waals surface area contributed by atoms with E-state index in [-0.39, 0.29) is 5.78 Å². The van der Waals surface area contributed by atoms with E-state index < -0.39 is 0 Å². The van der Waals surface area contributed by atoms with Crippen LogP contribution in [-0.2, 0) is 6.42 Å². The highest BCUT2D eigenvalue weighted by molar-refractivity contribution is 6.10. The van der Waals surface area contributed by atoms with E-state index in [1.54, 1.807) is 7.11 Å². The van der Waals surface area contributed by atoms with Crippen LogP contribution in [0.1, 0.15) is 32.6 Å². The maximum Gasteiger partial charge on any atom is 0.193 e. The van der Waals surface area contributed by atoms with E-state index in [1.807, 2.05) is 50.2 Å². The second kappa shape index (κ2) is 6.55. The Morgan fingerprint density at radius 2 is 1.76 bits per heavy atom. The molecule has 3 heteroatoms. The second-order valence-corrected chi connectivity index (χ2v) is 5.20. The lowest BCUT2D eigenvalue weighted by molar-refractivity contribution is 0.103. The number of ether oxygens (including phenoxy) is 1. The molecule has 0 saturated carbocycles. The molecule has 110 valence electrons. The smallest absolute Gasteiger partial charge is 0.193 e. The Bertz CT molecular complexity index is 645. The predicted molar refractivity (Wildman–Crippen MR) is 85.1 cm³/mol. The van der Waals surface area contributed by atoms with E-state index in [0.29, 0.717) is 12.1 Å². The van der Waals surface area contributed by atoms with Crippen molar-refractivity contribution in [3.8, 4) is 5.75 Å². The fourth-order valence-corrected chi connectivity index (χ4v) is 2.40. The SMILES string of the molecule is COc1cc(C)c(C(=O)c2ccc(CCN)cc2)cc1C.